The molecule has 0 aliphatic heterocycles. The fraction of sp³-hybridized carbons (Fsp3) is 0.417. The average Bonchev–Trinajstić information content (AvgIpc) is 2.22. The van der Waals surface area contributed by atoms with Crippen molar-refractivity contribution in [1.29, 1.82) is 0 Å². The van der Waals surface area contributed by atoms with E-state index in [9.17, 15) is 4.79 Å². The minimum absolute atomic E-state index is 0.183. The lowest BCUT2D eigenvalue weighted by Crippen LogP contribution is -2.07. The molecule has 0 saturated carbocycles. The third-order valence-corrected chi connectivity index (χ3v) is 1.99. The minimum atomic E-state index is -0.183. The molecule has 1 aromatic rings. The van der Waals surface area contributed by atoms with Gasteiger partial charge < -0.3 is 9.47 Å². The first-order valence-electron chi connectivity index (χ1n) is 4.98. The number of carbonyl (C=O) groups is 1. The van der Waals surface area contributed by atoms with Crippen LogP contribution >= 0.6 is 0 Å². The molecule has 3 nitrogen and oxygen atoms in total. The van der Waals surface area contributed by atoms with Crippen molar-refractivity contribution in [2.75, 3.05) is 13.7 Å². The summed E-state index contributed by atoms with van der Waals surface area (Å²) in [5, 5.41) is 0. The summed E-state index contributed by atoms with van der Waals surface area (Å²) in [5.41, 5.74) is 2.07. The number of rotatable bonds is 5. The summed E-state index contributed by atoms with van der Waals surface area (Å²) in [5.74, 6) is -0.183. The molecule has 0 spiro atoms. The number of methoxy groups -OCH3 is 1. The van der Waals surface area contributed by atoms with Gasteiger partial charge in [0.05, 0.1) is 19.6 Å². The maximum Gasteiger partial charge on any atom is 0.310 e. The lowest BCUT2D eigenvalue weighted by Gasteiger charge is -2.03. The maximum absolute atomic E-state index is 11.2. The highest BCUT2D eigenvalue weighted by Gasteiger charge is 2.03. The van der Waals surface area contributed by atoms with Crippen molar-refractivity contribution < 1.29 is 14.3 Å². The third kappa shape index (κ3) is 4.13. The van der Waals surface area contributed by atoms with Gasteiger partial charge in [-0.15, -0.1) is 0 Å². The average molecular weight is 208 g/mol. The van der Waals surface area contributed by atoms with Gasteiger partial charge in [0.25, 0.3) is 0 Å². The van der Waals surface area contributed by atoms with Crippen molar-refractivity contribution in [1.82, 2.24) is 0 Å². The fourth-order valence-corrected chi connectivity index (χ4v) is 1.30. The standard InChI is InChI=1S/C12H16O3/c1-3-15-12(13)8-10-4-6-11(7-5-10)9-14-2/h4-7H,3,8-9H2,1-2H3. The topological polar surface area (TPSA) is 35.5 Å². The van der Waals surface area contributed by atoms with Crippen molar-refractivity contribution >= 4 is 5.97 Å². The highest BCUT2D eigenvalue weighted by molar-refractivity contribution is 5.72. The second kappa shape index (κ2) is 6.19. The molecule has 0 aliphatic carbocycles. The normalized spacial score (nSPS) is 10.0. The zero-order valence-corrected chi connectivity index (χ0v) is 9.16. The molecule has 0 atom stereocenters. The number of benzene rings is 1. The summed E-state index contributed by atoms with van der Waals surface area (Å²) in [6.07, 6.45) is 0.334. The molecular weight excluding hydrogens is 192 g/mol. The minimum Gasteiger partial charge on any atom is -0.466 e. The molecule has 0 N–H and O–H groups in total. The van der Waals surface area contributed by atoms with Gasteiger partial charge in [-0.3, -0.25) is 4.79 Å². The number of hydrogen-bond donors (Lipinski definition) is 0. The molecular formula is C12H16O3. The zero-order chi connectivity index (χ0) is 11.1. The van der Waals surface area contributed by atoms with Crippen molar-refractivity contribution in [2.24, 2.45) is 0 Å². The summed E-state index contributed by atoms with van der Waals surface area (Å²) in [4.78, 5) is 11.2. The van der Waals surface area contributed by atoms with Gasteiger partial charge in [0.1, 0.15) is 0 Å². The lowest BCUT2D eigenvalue weighted by atomic mass is 10.1. The Kier molecular flexibility index (Phi) is 4.84. The second-order valence-electron chi connectivity index (χ2n) is 3.23. The molecule has 0 heterocycles. The highest BCUT2D eigenvalue weighted by Crippen LogP contribution is 2.06. The van der Waals surface area contributed by atoms with Crippen LogP contribution in [-0.2, 0) is 27.3 Å². The van der Waals surface area contributed by atoms with E-state index in [-0.39, 0.29) is 5.97 Å². The molecule has 0 aliphatic rings. The Morgan fingerprint density at radius 3 is 2.33 bits per heavy atom. The largest absolute Gasteiger partial charge is 0.466 e. The molecule has 0 unspecified atom stereocenters. The van der Waals surface area contributed by atoms with Crippen LogP contribution in [0.2, 0.25) is 0 Å². The number of esters is 1. The Balaban J connectivity index is 2.52. The molecule has 0 aromatic heterocycles. The van der Waals surface area contributed by atoms with Crippen LogP contribution in [-0.4, -0.2) is 19.7 Å². The van der Waals surface area contributed by atoms with E-state index in [2.05, 4.69) is 0 Å². The first-order chi connectivity index (χ1) is 7.26. The third-order valence-electron chi connectivity index (χ3n) is 1.99. The molecule has 0 saturated heterocycles. The number of carbonyl (C=O) groups excluding carboxylic acids is 1. The van der Waals surface area contributed by atoms with Gasteiger partial charge in [0.2, 0.25) is 0 Å². The highest BCUT2D eigenvalue weighted by atomic mass is 16.5. The van der Waals surface area contributed by atoms with Gasteiger partial charge in [0.15, 0.2) is 0 Å². The van der Waals surface area contributed by atoms with Crippen LogP contribution < -0.4 is 0 Å². The number of hydrogen-bond acceptors (Lipinski definition) is 3. The second-order valence-corrected chi connectivity index (χ2v) is 3.23. The van der Waals surface area contributed by atoms with Gasteiger partial charge in [-0.2, -0.15) is 0 Å². The van der Waals surface area contributed by atoms with E-state index in [0.29, 0.717) is 19.6 Å². The van der Waals surface area contributed by atoms with E-state index in [0.717, 1.165) is 11.1 Å². The Hall–Kier alpha value is -1.35. The first kappa shape index (κ1) is 11.7. The van der Waals surface area contributed by atoms with Crippen molar-refractivity contribution in [3.8, 4) is 0 Å². The van der Waals surface area contributed by atoms with Crippen LogP contribution in [0, 0.1) is 0 Å². The number of ether oxygens (including phenoxy) is 2. The zero-order valence-electron chi connectivity index (χ0n) is 9.16. The van der Waals surface area contributed by atoms with E-state index in [4.69, 9.17) is 9.47 Å². The van der Waals surface area contributed by atoms with E-state index in [1.165, 1.54) is 0 Å². The fourth-order valence-electron chi connectivity index (χ4n) is 1.30. The van der Waals surface area contributed by atoms with Gasteiger partial charge in [-0.1, -0.05) is 24.3 Å². The molecule has 3 heteroatoms. The van der Waals surface area contributed by atoms with Crippen LogP contribution in [0.25, 0.3) is 0 Å². The first-order valence-corrected chi connectivity index (χ1v) is 4.98. The smallest absolute Gasteiger partial charge is 0.310 e. The Morgan fingerprint density at radius 1 is 1.20 bits per heavy atom. The summed E-state index contributed by atoms with van der Waals surface area (Å²) in [6.45, 7) is 2.83. The van der Waals surface area contributed by atoms with Gasteiger partial charge in [-0.25, -0.2) is 0 Å². The van der Waals surface area contributed by atoms with Crippen molar-refractivity contribution in [3.63, 3.8) is 0 Å². The molecule has 82 valence electrons. The monoisotopic (exact) mass is 208 g/mol. The van der Waals surface area contributed by atoms with Crippen LogP contribution in [0.5, 0.6) is 0 Å². The summed E-state index contributed by atoms with van der Waals surface area (Å²) in [6, 6.07) is 7.76. The quantitative estimate of drug-likeness (QED) is 0.694. The van der Waals surface area contributed by atoms with Gasteiger partial charge >= 0.3 is 5.97 Å². The van der Waals surface area contributed by atoms with Crippen LogP contribution in [0.4, 0.5) is 0 Å². The SMILES string of the molecule is CCOC(=O)Cc1ccc(COC)cc1. The summed E-state index contributed by atoms with van der Waals surface area (Å²) >= 11 is 0. The molecule has 15 heavy (non-hydrogen) atoms. The predicted molar refractivity (Wildman–Crippen MR) is 57.5 cm³/mol. The molecule has 1 rings (SSSR count). The molecule has 1 aromatic carbocycles. The Labute approximate surface area is 90.0 Å². The predicted octanol–water partition coefficient (Wildman–Crippen LogP) is 1.94. The van der Waals surface area contributed by atoms with Crippen LogP contribution in [0.1, 0.15) is 18.1 Å². The van der Waals surface area contributed by atoms with E-state index in [1.807, 2.05) is 24.3 Å². The van der Waals surface area contributed by atoms with E-state index >= 15 is 0 Å². The van der Waals surface area contributed by atoms with Crippen molar-refractivity contribution in [2.45, 2.75) is 20.0 Å². The van der Waals surface area contributed by atoms with Crippen LogP contribution in [0.3, 0.4) is 0 Å². The Bertz CT molecular complexity index is 303. The van der Waals surface area contributed by atoms with Gasteiger partial charge in [0, 0.05) is 7.11 Å². The molecule has 0 bridgehead atoms. The van der Waals surface area contributed by atoms with Crippen LogP contribution in [0.15, 0.2) is 24.3 Å². The lowest BCUT2D eigenvalue weighted by molar-refractivity contribution is -0.142. The summed E-state index contributed by atoms with van der Waals surface area (Å²) in [7, 11) is 1.66. The van der Waals surface area contributed by atoms with E-state index < -0.39 is 0 Å². The molecule has 0 amide bonds. The van der Waals surface area contributed by atoms with E-state index in [1.54, 1.807) is 14.0 Å². The summed E-state index contributed by atoms with van der Waals surface area (Å²) < 4.78 is 9.86. The Morgan fingerprint density at radius 2 is 1.80 bits per heavy atom. The van der Waals surface area contributed by atoms with Crippen molar-refractivity contribution in [3.05, 3.63) is 35.4 Å². The molecule has 0 fully saturated rings. The van der Waals surface area contributed by atoms with Gasteiger partial charge in [-0.05, 0) is 18.1 Å². The maximum atomic E-state index is 11.2. The molecule has 0 radical (unpaired) electrons.